The van der Waals surface area contributed by atoms with Crippen LogP contribution in [-0.2, 0) is 16.1 Å². The van der Waals surface area contributed by atoms with Crippen LogP contribution in [0, 0.1) is 0 Å². The summed E-state index contributed by atoms with van der Waals surface area (Å²) < 4.78 is 46.2. The minimum absolute atomic E-state index is 0.0321. The number of hydrogen-bond donors (Lipinski definition) is 1. The lowest BCUT2D eigenvalue weighted by Gasteiger charge is -2.35. The number of nitrogens with two attached hydrogens (primary N) is 1. The summed E-state index contributed by atoms with van der Waals surface area (Å²) in [6, 6.07) is 12.9. The minimum Gasteiger partial charge on any atom is -0.495 e. The van der Waals surface area contributed by atoms with E-state index in [1.165, 1.54) is 24.1 Å². The topological polar surface area (TPSA) is 88.3 Å². The molecule has 11 heteroatoms. The Balaban J connectivity index is 1.54. The van der Waals surface area contributed by atoms with Crippen LogP contribution in [0.3, 0.4) is 0 Å². The Hall–Kier alpha value is -3.31. The van der Waals surface area contributed by atoms with E-state index in [1.54, 1.807) is 36.4 Å². The van der Waals surface area contributed by atoms with E-state index in [1.807, 2.05) is 4.90 Å². The zero-order valence-electron chi connectivity index (χ0n) is 19.5. The maximum absolute atomic E-state index is 13.2. The molecule has 0 unspecified atom stereocenters. The molecule has 2 aromatic carbocycles. The highest BCUT2D eigenvalue weighted by Crippen LogP contribution is 2.28. The van der Waals surface area contributed by atoms with E-state index in [2.05, 4.69) is 9.64 Å². The number of nitrogens with zero attached hydrogens (tertiary/aromatic N) is 3. The standard InChI is InChI=1S/C24H29F3N4O4/c1-34-21-5-3-2-4-20(21)31(11-10-22(28)32)23(33)17-30-14-12-29(13-15-30)16-18-6-8-19(9-7-18)35-24(25,26)27/h2-9H,10-17H2,1H3,(H2,28,32). The number of carbonyl (C=O) groups is 2. The van der Waals surface area contributed by atoms with Crippen molar-refractivity contribution in [3.8, 4) is 11.5 Å². The summed E-state index contributed by atoms with van der Waals surface area (Å²) in [4.78, 5) is 30.2. The number of methoxy groups -OCH3 is 1. The average molecular weight is 495 g/mol. The molecule has 2 N–H and O–H groups in total. The fourth-order valence-corrected chi connectivity index (χ4v) is 3.89. The van der Waals surface area contributed by atoms with Crippen LogP contribution in [0.1, 0.15) is 12.0 Å². The van der Waals surface area contributed by atoms with Crippen molar-refractivity contribution in [1.29, 1.82) is 0 Å². The summed E-state index contributed by atoms with van der Waals surface area (Å²) >= 11 is 0. The molecule has 2 aromatic rings. The molecule has 0 aromatic heterocycles. The van der Waals surface area contributed by atoms with Crippen LogP contribution in [0.25, 0.3) is 0 Å². The lowest BCUT2D eigenvalue weighted by molar-refractivity contribution is -0.274. The van der Waals surface area contributed by atoms with Crippen LogP contribution in [0.2, 0.25) is 0 Å². The van der Waals surface area contributed by atoms with Crippen molar-refractivity contribution >= 4 is 17.5 Å². The number of para-hydroxylation sites is 2. The molecular weight excluding hydrogens is 465 g/mol. The van der Waals surface area contributed by atoms with Gasteiger partial charge in [0, 0.05) is 45.7 Å². The Bertz CT molecular complexity index is 993. The molecule has 190 valence electrons. The number of ether oxygens (including phenoxy) is 2. The second-order valence-corrected chi connectivity index (χ2v) is 8.18. The first-order valence-electron chi connectivity index (χ1n) is 11.2. The molecule has 1 aliphatic heterocycles. The fraction of sp³-hybridized carbons (Fsp3) is 0.417. The Morgan fingerprint density at radius 1 is 1.00 bits per heavy atom. The third-order valence-electron chi connectivity index (χ3n) is 5.65. The number of piperazine rings is 1. The highest BCUT2D eigenvalue weighted by molar-refractivity contribution is 5.96. The third kappa shape index (κ3) is 8.15. The molecular formula is C24H29F3N4O4. The first-order valence-corrected chi connectivity index (χ1v) is 11.2. The van der Waals surface area contributed by atoms with Gasteiger partial charge >= 0.3 is 6.36 Å². The van der Waals surface area contributed by atoms with Gasteiger partial charge < -0.3 is 20.1 Å². The highest BCUT2D eigenvalue weighted by atomic mass is 19.4. The van der Waals surface area contributed by atoms with Crippen LogP contribution < -0.4 is 20.1 Å². The average Bonchev–Trinajstić information content (AvgIpc) is 2.81. The van der Waals surface area contributed by atoms with Crippen LogP contribution in [0.5, 0.6) is 11.5 Å². The first kappa shape index (κ1) is 26.3. The molecule has 0 atom stereocenters. The van der Waals surface area contributed by atoms with E-state index >= 15 is 0 Å². The molecule has 0 bridgehead atoms. The lowest BCUT2D eigenvalue weighted by Crippen LogP contribution is -2.50. The number of amides is 2. The van der Waals surface area contributed by atoms with Gasteiger partial charge in [-0.3, -0.25) is 19.4 Å². The fourth-order valence-electron chi connectivity index (χ4n) is 3.89. The zero-order chi connectivity index (χ0) is 25.4. The number of primary amides is 1. The molecule has 1 saturated heterocycles. The molecule has 0 spiro atoms. The van der Waals surface area contributed by atoms with Gasteiger partial charge in [-0.2, -0.15) is 0 Å². The van der Waals surface area contributed by atoms with Crippen LogP contribution >= 0.6 is 0 Å². The lowest BCUT2D eigenvalue weighted by atomic mass is 10.2. The molecule has 1 aliphatic rings. The van der Waals surface area contributed by atoms with Crippen molar-refractivity contribution in [2.45, 2.75) is 19.3 Å². The third-order valence-corrected chi connectivity index (χ3v) is 5.65. The van der Waals surface area contributed by atoms with Gasteiger partial charge in [-0.15, -0.1) is 13.2 Å². The smallest absolute Gasteiger partial charge is 0.495 e. The van der Waals surface area contributed by atoms with Crippen molar-refractivity contribution in [2.75, 3.05) is 51.3 Å². The number of halogens is 3. The van der Waals surface area contributed by atoms with E-state index in [4.69, 9.17) is 10.5 Å². The molecule has 0 radical (unpaired) electrons. The molecule has 1 heterocycles. The molecule has 8 nitrogen and oxygen atoms in total. The Labute approximate surface area is 202 Å². The summed E-state index contributed by atoms with van der Waals surface area (Å²) in [5.41, 5.74) is 6.76. The molecule has 1 fully saturated rings. The van der Waals surface area contributed by atoms with Crippen molar-refractivity contribution in [2.24, 2.45) is 5.73 Å². The number of carbonyl (C=O) groups excluding carboxylic acids is 2. The van der Waals surface area contributed by atoms with Gasteiger partial charge in [0.25, 0.3) is 0 Å². The predicted molar refractivity (Wildman–Crippen MR) is 124 cm³/mol. The quantitative estimate of drug-likeness (QED) is 0.547. The van der Waals surface area contributed by atoms with E-state index in [9.17, 15) is 22.8 Å². The molecule has 0 aliphatic carbocycles. The molecule has 2 amide bonds. The van der Waals surface area contributed by atoms with Crippen molar-refractivity contribution < 1.29 is 32.2 Å². The second kappa shape index (κ2) is 11.9. The van der Waals surface area contributed by atoms with Crippen LogP contribution in [-0.4, -0.2) is 74.4 Å². The Morgan fingerprint density at radius 3 is 2.23 bits per heavy atom. The molecule has 0 saturated carbocycles. The van der Waals surface area contributed by atoms with Gasteiger partial charge in [-0.05, 0) is 29.8 Å². The number of anilines is 1. The maximum Gasteiger partial charge on any atom is 0.573 e. The van der Waals surface area contributed by atoms with Gasteiger partial charge in [0.2, 0.25) is 11.8 Å². The van der Waals surface area contributed by atoms with Gasteiger partial charge in [-0.1, -0.05) is 24.3 Å². The van der Waals surface area contributed by atoms with E-state index in [0.717, 1.165) is 5.56 Å². The Kier molecular flexibility index (Phi) is 8.94. The van der Waals surface area contributed by atoms with E-state index < -0.39 is 12.3 Å². The van der Waals surface area contributed by atoms with E-state index in [-0.39, 0.29) is 31.2 Å². The number of alkyl halides is 3. The summed E-state index contributed by atoms with van der Waals surface area (Å²) in [5.74, 6) is -0.379. The SMILES string of the molecule is COc1ccccc1N(CCC(N)=O)C(=O)CN1CCN(Cc2ccc(OC(F)(F)F)cc2)CC1. The van der Waals surface area contributed by atoms with Gasteiger partial charge in [0.15, 0.2) is 0 Å². The largest absolute Gasteiger partial charge is 0.573 e. The van der Waals surface area contributed by atoms with Crippen molar-refractivity contribution in [3.63, 3.8) is 0 Å². The number of rotatable bonds is 10. The zero-order valence-corrected chi connectivity index (χ0v) is 19.5. The monoisotopic (exact) mass is 494 g/mol. The van der Waals surface area contributed by atoms with Crippen LogP contribution in [0.4, 0.5) is 18.9 Å². The molecule has 3 rings (SSSR count). The summed E-state index contributed by atoms with van der Waals surface area (Å²) in [6.07, 6.45) is -4.68. The maximum atomic E-state index is 13.2. The molecule has 35 heavy (non-hydrogen) atoms. The summed E-state index contributed by atoms with van der Waals surface area (Å²) in [7, 11) is 1.52. The second-order valence-electron chi connectivity index (χ2n) is 8.18. The van der Waals surface area contributed by atoms with Crippen LogP contribution in [0.15, 0.2) is 48.5 Å². The number of hydrogen-bond acceptors (Lipinski definition) is 6. The minimum atomic E-state index is -4.71. The van der Waals surface area contributed by atoms with Crippen molar-refractivity contribution in [3.05, 3.63) is 54.1 Å². The normalized spacial score (nSPS) is 15.0. The number of benzene rings is 2. The summed E-state index contributed by atoms with van der Waals surface area (Å²) in [6.45, 7) is 3.61. The highest BCUT2D eigenvalue weighted by Gasteiger charge is 2.31. The van der Waals surface area contributed by atoms with Crippen molar-refractivity contribution in [1.82, 2.24) is 9.80 Å². The van der Waals surface area contributed by atoms with Gasteiger partial charge in [-0.25, -0.2) is 0 Å². The van der Waals surface area contributed by atoms with E-state index in [0.29, 0.717) is 44.2 Å². The van der Waals surface area contributed by atoms with Gasteiger partial charge in [0.05, 0.1) is 19.3 Å². The van der Waals surface area contributed by atoms with Gasteiger partial charge in [0.1, 0.15) is 11.5 Å². The Morgan fingerprint density at radius 2 is 1.63 bits per heavy atom. The first-order chi connectivity index (χ1) is 16.6. The predicted octanol–water partition coefficient (Wildman–Crippen LogP) is 2.62. The summed E-state index contributed by atoms with van der Waals surface area (Å²) in [5, 5.41) is 0.